The van der Waals surface area contributed by atoms with E-state index in [4.69, 9.17) is 4.18 Å². The zero-order valence-electron chi connectivity index (χ0n) is 10.5. The Labute approximate surface area is 115 Å². The number of pyridine rings is 1. The maximum Gasteiger partial charge on any atom is 0.389 e. The molecule has 0 aliphatic heterocycles. The van der Waals surface area contributed by atoms with Crippen molar-refractivity contribution in [3.8, 4) is 11.6 Å². The lowest BCUT2D eigenvalue weighted by Gasteiger charge is -2.03. The molecule has 0 aliphatic carbocycles. The highest BCUT2D eigenvalue weighted by Crippen LogP contribution is 2.20. The Hall–Kier alpha value is -2.48. The zero-order chi connectivity index (χ0) is 14.8. The van der Waals surface area contributed by atoms with Gasteiger partial charge in [0.05, 0.1) is 17.2 Å². The fourth-order valence-corrected chi connectivity index (χ4v) is 2.12. The Bertz CT molecular complexity index is 758. The maximum absolute atomic E-state index is 11.2. The van der Waals surface area contributed by atoms with Crippen LogP contribution >= 0.6 is 0 Å². The average Bonchev–Trinajstić information content (AvgIpc) is 2.37. The van der Waals surface area contributed by atoms with Gasteiger partial charge >= 0.3 is 21.7 Å². The van der Waals surface area contributed by atoms with E-state index in [1.165, 1.54) is 35.0 Å². The average molecular weight is 295 g/mol. The quantitative estimate of drug-likeness (QED) is 0.366. The van der Waals surface area contributed by atoms with Gasteiger partial charge in [0.2, 0.25) is 0 Å². The molecule has 0 N–H and O–H groups in total. The number of aromatic nitrogens is 1. The molecule has 7 nitrogen and oxygen atoms in total. The number of rotatable bonds is 4. The number of para-hydroxylation sites is 2. The van der Waals surface area contributed by atoms with Crippen LogP contribution in [0, 0.1) is 10.1 Å². The molecule has 1 aromatic carbocycles. The van der Waals surface area contributed by atoms with Gasteiger partial charge in [-0.15, -0.1) is 4.57 Å². The minimum absolute atomic E-state index is 0.0238. The Balaban J connectivity index is 2.62. The van der Waals surface area contributed by atoms with E-state index in [0.29, 0.717) is 0 Å². The van der Waals surface area contributed by atoms with E-state index in [0.717, 1.165) is 6.26 Å². The van der Waals surface area contributed by atoms with Crippen molar-refractivity contribution in [2.24, 2.45) is 0 Å². The van der Waals surface area contributed by atoms with Crippen LogP contribution in [0.25, 0.3) is 5.69 Å². The molecule has 1 aromatic heterocycles. The SMILES string of the molecule is CS(=O)(=O)Oc1cccc[n+]1-c1ccccc1[N+](=O)[O-]. The first kappa shape index (κ1) is 13.9. The van der Waals surface area contributed by atoms with Gasteiger partial charge in [-0.1, -0.05) is 12.1 Å². The molecule has 0 atom stereocenters. The molecule has 0 spiro atoms. The molecule has 20 heavy (non-hydrogen) atoms. The van der Waals surface area contributed by atoms with E-state index < -0.39 is 15.0 Å². The highest BCUT2D eigenvalue weighted by Gasteiger charge is 2.26. The van der Waals surface area contributed by atoms with E-state index in [-0.39, 0.29) is 17.3 Å². The Morgan fingerprint density at radius 3 is 2.45 bits per heavy atom. The van der Waals surface area contributed by atoms with Gasteiger partial charge < -0.3 is 4.18 Å². The van der Waals surface area contributed by atoms with Crippen LogP contribution < -0.4 is 8.75 Å². The minimum atomic E-state index is -3.73. The summed E-state index contributed by atoms with van der Waals surface area (Å²) in [7, 11) is -3.73. The summed E-state index contributed by atoms with van der Waals surface area (Å²) >= 11 is 0. The van der Waals surface area contributed by atoms with Gasteiger partial charge in [-0.2, -0.15) is 8.42 Å². The van der Waals surface area contributed by atoms with Gasteiger partial charge in [-0.25, -0.2) is 0 Å². The topological polar surface area (TPSA) is 90.4 Å². The molecule has 1 heterocycles. The van der Waals surface area contributed by atoms with Crippen molar-refractivity contribution in [2.75, 3.05) is 6.26 Å². The van der Waals surface area contributed by atoms with E-state index in [1.807, 2.05) is 0 Å². The lowest BCUT2D eigenvalue weighted by Crippen LogP contribution is -2.34. The smallest absolute Gasteiger partial charge is 0.322 e. The van der Waals surface area contributed by atoms with Crippen molar-refractivity contribution in [1.29, 1.82) is 0 Å². The molecule has 0 aliphatic rings. The van der Waals surface area contributed by atoms with Gasteiger partial charge in [0.25, 0.3) is 5.69 Å². The highest BCUT2D eigenvalue weighted by molar-refractivity contribution is 7.86. The molecule has 2 aromatic rings. The van der Waals surface area contributed by atoms with E-state index in [2.05, 4.69) is 0 Å². The van der Waals surface area contributed by atoms with Crippen molar-refractivity contribution in [2.45, 2.75) is 0 Å². The summed E-state index contributed by atoms with van der Waals surface area (Å²) < 4.78 is 28.6. The molecule has 104 valence electrons. The van der Waals surface area contributed by atoms with Gasteiger partial charge in [0, 0.05) is 18.2 Å². The van der Waals surface area contributed by atoms with Crippen LogP contribution in [-0.4, -0.2) is 19.6 Å². The molecule has 8 heteroatoms. The largest absolute Gasteiger partial charge is 0.389 e. The minimum Gasteiger partial charge on any atom is -0.322 e. The van der Waals surface area contributed by atoms with E-state index >= 15 is 0 Å². The fraction of sp³-hybridized carbons (Fsp3) is 0.0833. The van der Waals surface area contributed by atoms with Crippen LogP contribution in [0.3, 0.4) is 0 Å². The summed E-state index contributed by atoms with van der Waals surface area (Å²) in [6, 6.07) is 10.6. The Kier molecular flexibility index (Phi) is 3.66. The number of hydrogen-bond acceptors (Lipinski definition) is 5. The molecule has 0 unspecified atom stereocenters. The van der Waals surface area contributed by atoms with Crippen molar-refractivity contribution in [1.82, 2.24) is 0 Å². The third-order valence-electron chi connectivity index (χ3n) is 2.40. The molecule has 0 amide bonds. The van der Waals surface area contributed by atoms with Crippen LogP contribution in [0.15, 0.2) is 48.7 Å². The van der Waals surface area contributed by atoms with Gasteiger partial charge in [-0.05, 0) is 6.07 Å². The second kappa shape index (κ2) is 5.25. The first-order valence-electron chi connectivity index (χ1n) is 5.52. The standard InChI is InChI=1S/C12H11N2O5S/c1-20(17,18)19-12-8-4-5-9-13(12)10-6-2-3-7-11(10)14(15)16/h2-9H,1H3/q+1. The van der Waals surface area contributed by atoms with Crippen LogP contribution in [0.2, 0.25) is 0 Å². The Morgan fingerprint density at radius 1 is 1.15 bits per heavy atom. The van der Waals surface area contributed by atoms with Crippen molar-refractivity contribution in [3.63, 3.8) is 0 Å². The summed E-state index contributed by atoms with van der Waals surface area (Å²) in [5.74, 6) is -0.0238. The predicted octanol–water partition coefficient (Wildman–Crippen LogP) is 1.21. The second-order valence-corrected chi connectivity index (χ2v) is 5.52. The molecule has 0 saturated heterocycles. The number of nitrogens with zero attached hydrogens (tertiary/aromatic N) is 2. The third kappa shape index (κ3) is 3.09. The molecular weight excluding hydrogens is 284 g/mol. The third-order valence-corrected chi connectivity index (χ3v) is 2.87. The molecule has 0 bridgehead atoms. The number of nitro groups is 1. The van der Waals surface area contributed by atoms with Gasteiger partial charge in [0.15, 0.2) is 6.20 Å². The van der Waals surface area contributed by atoms with Crippen LogP contribution in [0.1, 0.15) is 0 Å². The fourth-order valence-electron chi connectivity index (χ4n) is 1.67. The Morgan fingerprint density at radius 2 is 1.80 bits per heavy atom. The lowest BCUT2D eigenvalue weighted by atomic mass is 10.2. The van der Waals surface area contributed by atoms with Crippen molar-refractivity contribution < 1.29 is 22.1 Å². The number of nitro benzene ring substituents is 1. The highest BCUT2D eigenvalue weighted by atomic mass is 32.2. The molecule has 0 radical (unpaired) electrons. The predicted molar refractivity (Wildman–Crippen MR) is 70.1 cm³/mol. The van der Waals surface area contributed by atoms with Crippen LogP contribution in [0.4, 0.5) is 5.69 Å². The summed E-state index contributed by atoms with van der Waals surface area (Å²) in [5, 5.41) is 11.0. The zero-order valence-corrected chi connectivity index (χ0v) is 11.3. The number of benzene rings is 1. The van der Waals surface area contributed by atoms with Crippen molar-refractivity contribution in [3.05, 3.63) is 58.8 Å². The van der Waals surface area contributed by atoms with E-state index in [1.54, 1.807) is 18.2 Å². The van der Waals surface area contributed by atoms with Crippen molar-refractivity contribution >= 4 is 15.8 Å². The maximum atomic E-state index is 11.2. The lowest BCUT2D eigenvalue weighted by molar-refractivity contribution is -0.604. The molecular formula is C12H11N2O5S+. The van der Waals surface area contributed by atoms with Crippen LogP contribution in [-0.2, 0) is 10.1 Å². The van der Waals surface area contributed by atoms with Crippen LogP contribution in [0.5, 0.6) is 5.88 Å². The first-order valence-corrected chi connectivity index (χ1v) is 7.34. The summed E-state index contributed by atoms with van der Waals surface area (Å²) in [5.41, 5.74) is 0.0683. The molecule has 2 rings (SSSR count). The summed E-state index contributed by atoms with van der Waals surface area (Å²) in [6.07, 6.45) is 2.40. The first-order chi connectivity index (χ1) is 9.38. The van der Waals surface area contributed by atoms with Gasteiger partial charge in [-0.3, -0.25) is 10.1 Å². The van der Waals surface area contributed by atoms with E-state index in [9.17, 15) is 18.5 Å². The molecule has 0 fully saturated rings. The monoisotopic (exact) mass is 295 g/mol. The summed E-state index contributed by atoms with van der Waals surface area (Å²) in [4.78, 5) is 10.5. The number of hydrogen-bond donors (Lipinski definition) is 0. The summed E-state index contributed by atoms with van der Waals surface area (Å²) in [6.45, 7) is 0. The second-order valence-electron chi connectivity index (χ2n) is 3.94. The molecule has 0 saturated carbocycles. The van der Waals surface area contributed by atoms with Gasteiger partial charge in [0.1, 0.15) is 0 Å². The normalized spacial score (nSPS) is 11.1.